The Morgan fingerprint density at radius 2 is 2.10 bits per heavy atom. The Labute approximate surface area is 167 Å². The van der Waals surface area contributed by atoms with Crippen molar-refractivity contribution in [2.45, 2.75) is 26.3 Å². The maximum absolute atomic E-state index is 14.0. The summed E-state index contributed by atoms with van der Waals surface area (Å²) in [5.41, 5.74) is 2.87. The molecular formula is C21H23FN4O3. The summed E-state index contributed by atoms with van der Waals surface area (Å²) >= 11 is 0. The molecule has 7 nitrogen and oxygen atoms in total. The molecule has 0 spiro atoms. The number of carbonyl (C=O) groups is 2. The lowest BCUT2D eigenvalue weighted by molar-refractivity contribution is -0.127. The summed E-state index contributed by atoms with van der Waals surface area (Å²) in [6.45, 7) is 4.09. The van der Waals surface area contributed by atoms with Crippen molar-refractivity contribution in [2.75, 3.05) is 13.6 Å². The molecule has 3 aromatic rings. The maximum atomic E-state index is 14.0. The van der Waals surface area contributed by atoms with Crippen LogP contribution in [0.4, 0.5) is 4.39 Å². The van der Waals surface area contributed by atoms with Gasteiger partial charge in [-0.05, 0) is 31.5 Å². The summed E-state index contributed by atoms with van der Waals surface area (Å²) in [4.78, 5) is 26.7. The summed E-state index contributed by atoms with van der Waals surface area (Å²) in [6.07, 6.45) is 2.11. The molecule has 0 saturated carbocycles. The first-order chi connectivity index (χ1) is 13.8. The number of rotatable bonds is 4. The fourth-order valence-electron chi connectivity index (χ4n) is 4.05. The highest BCUT2D eigenvalue weighted by atomic mass is 19.1. The average molecular weight is 398 g/mol. The van der Waals surface area contributed by atoms with Crippen LogP contribution in [0, 0.1) is 25.6 Å². The number of hydrogen-bond acceptors (Lipinski definition) is 4. The zero-order valence-electron chi connectivity index (χ0n) is 16.8. The molecule has 0 aliphatic carbocycles. The molecule has 2 amide bonds. The highest BCUT2D eigenvalue weighted by molar-refractivity contribution is 5.97. The van der Waals surface area contributed by atoms with Crippen molar-refractivity contribution in [1.82, 2.24) is 20.0 Å². The Kier molecular flexibility index (Phi) is 4.64. The second-order valence-corrected chi connectivity index (χ2v) is 7.65. The predicted octanol–water partition coefficient (Wildman–Crippen LogP) is 2.87. The highest BCUT2D eigenvalue weighted by Crippen LogP contribution is 2.37. The van der Waals surface area contributed by atoms with Gasteiger partial charge in [-0.3, -0.25) is 14.3 Å². The Hall–Kier alpha value is -3.16. The summed E-state index contributed by atoms with van der Waals surface area (Å²) < 4.78 is 21.2. The molecule has 2 aromatic heterocycles. The van der Waals surface area contributed by atoms with E-state index in [0.29, 0.717) is 18.4 Å². The average Bonchev–Trinajstić information content (AvgIpc) is 3.36. The van der Waals surface area contributed by atoms with E-state index >= 15 is 0 Å². The van der Waals surface area contributed by atoms with Crippen LogP contribution in [0.25, 0.3) is 11.0 Å². The number of aromatic nitrogens is 2. The minimum atomic E-state index is -0.500. The number of aryl methyl sites for hydroxylation is 2. The van der Waals surface area contributed by atoms with Gasteiger partial charge in [-0.25, -0.2) is 4.39 Å². The molecule has 29 heavy (non-hydrogen) atoms. The van der Waals surface area contributed by atoms with Crippen LogP contribution in [0.1, 0.15) is 39.8 Å². The van der Waals surface area contributed by atoms with Gasteiger partial charge < -0.3 is 14.6 Å². The third kappa shape index (κ3) is 3.18. The Bertz CT molecular complexity index is 1080. The van der Waals surface area contributed by atoms with Crippen LogP contribution in [0.3, 0.4) is 0 Å². The fraction of sp³-hybridized carbons (Fsp3) is 0.381. The number of hydrogen-bond donors (Lipinski definition) is 1. The van der Waals surface area contributed by atoms with Crippen molar-refractivity contribution >= 4 is 22.8 Å². The van der Waals surface area contributed by atoms with E-state index in [4.69, 9.17) is 4.42 Å². The molecule has 1 saturated heterocycles. The molecule has 1 aliphatic rings. The quantitative estimate of drug-likeness (QED) is 0.733. The number of benzene rings is 1. The Balaban J connectivity index is 1.54. The topological polar surface area (TPSA) is 80.4 Å². The zero-order chi connectivity index (χ0) is 20.9. The van der Waals surface area contributed by atoms with Gasteiger partial charge in [0.25, 0.3) is 5.91 Å². The molecule has 1 N–H and O–H groups in total. The molecule has 8 heteroatoms. The first-order valence-electron chi connectivity index (χ1n) is 9.49. The largest absolute Gasteiger partial charge is 0.448 e. The zero-order valence-corrected chi connectivity index (χ0v) is 16.8. The van der Waals surface area contributed by atoms with Gasteiger partial charge in [-0.1, -0.05) is 6.07 Å². The summed E-state index contributed by atoms with van der Waals surface area (Å²) in [5, 5.41) is 7.70. The van der Waals surface area contributed by atoms with Gasteiger partial charge in [0.1, 0.15) is 0 Å². The summed E-state index contributed by atoms with van der Waals surface area (Å²) in [6, 6.07) is 4.36. The van der Waals surface area contributed by atoms with Gasteiger partial charge >= 0.3 is 0 Å². The maximum Gasteiger partial charge on any atom is 0.287 e. The molecule has 0 bridgehead atoms. The van der Waals surface area contributed by atoms with Gasteiger partial charge in [0.2, 0.25) is 5.91 Å². The van der Waals surface area contributed by atoms with E-state index in [0.717, 1.165) is 16.8 Å². The monoisotopic (exact) mass is 398 g/mol. The molecule has 3 heterocycles. The van der Waals surface area contributed by atoms with Crippen LogP contribution < -0.4 is 5.32 Å². The lowest BCUT2D eigenvalue weighted by atomic mass is 9.94. The van der Waals surface area contributed by atoms with E-state index in [1.165, 1.54) is 6.07 Å². The van der Waals surface area contributed by atoms with Crippen molar-refractivity contribution in [3.63, 3.8) is 0 Å². The van der Waals surface area contributed by atoms with Crippen LogP contribution in [-0.2, 0) is 11.8 Å². The minimum absolute atomic E-state index is 0.0268. The van der Waals surface area contributed by atoms with Crippen molar-refractivity contribution in [1.29, 1.82) is 0 Å². The van der Waals surface area contributed by atoms with E-state index in [-0.39, 0.29) is 29.2 Å². The first kappa shape index (κ1) is 19.2. The number of carbonyl (C=O) groups excluding carboxylic acids is 2. The Morgan fingerprint density at radius 1 is 1.34 bits per heavy atom. The molecule has 0 unspecified atom stereocenters. The Morgan fingerprint density at radius 3 is 2.76 bits per heavy atom. The van der Waals surface area contributed by atoms with Crippen LogP contribution in [0.15, 0.2) is 28.8 Å². The van der Waals surface area contributed by atoms with E-state index in [1.807, 2.05) is 20.9 Å². The number of halogens is 1. The van der Waals surface area contributed by atoms with E-state index in [9.17, 15) is 14.0 Å². The second-order valence-electron chi connectivity index (χ2n) is 7.65. The van der Waals surface area contributed by atoms with Crippen molar-refractivity contribution in [3.8, 4) is 0 Å². The number of amides is 2. The summed E-state index contributed by atoms with van der Waals surface area (Å²) in [7, 11) is 3.63. The summed E-state index contributed by atoms with van der Waals surface area (Å²) in [5.74, 6) is -0.940. The third-order valence-electron chi connectivity index (χ3n) is 5.89. The molecule has 1 fully saturated rings. The van der Waals surface area contributed by atoms with Crippen molar-refractivity contribution in [3.05, 3.63) is 52.8 Å². The SMILES string of the molecule is Cc1ccc(F)c2oc(C(=O)NC[C@H]3CC(=O)N(C)[C@@H]3c3cnn(C)c3C)cc12. The van der Waals surface area contributed by atoms with Crippen molar-refractivity contribution < 1.29 is 18.4 Å². The number of nitrogens with zero attached hydrogens (tertiary/aromatic N) is 3. The van der Waals surface area contributed by atoms with E-state index < -0.39 is 11.7 Å². The van der Waals surface area contributed by atoms with Gasteiger partial charge in [-0.2, -0.15) is 5.10 Å². The lowest BCUT2D eigenvalue weighted by Gasteiger charge is -2.25. The predicted molar refractivity (Wildman–Crippen MR) is 105 cm³/mol. The molecule has 152 valence electrons. The third-order valence-corrected chi connectivity index (χ3v) is 5.89. The van der Waals surface area contributed by atoms with Crippen LogP contribution in [0.2, 0.25) is 0 Å². The molecule has 1 aliphatic heterocycles. The standard InChI is InChI=1S/C21H23FN4O3/c1-11-5-6-16(22)20-14(11)8-17(29-20)21(28)23-9-13-7-18(27)25(3)19(13)15-10-24-26(4)12(15)2/h5-6,8,10,13,19H,7,9H2,1-4H3,(H,23,28)/t13-,19+/m1/s1. The van der Waals surface area contributed by atoms with E-state index in [1.54, 1.807) is 35.0 Å². The number of fused-ring (bicyclic) bond motifs is 1. The lowest BCUT2D eigenvalue weighted by Crippen LogP contribution is -2.32. The molecule has 1 aromatic carbocycles. The van der Waals surface area contributed by atoms with Crippen LogP contribution >= 0.6 is 0 Å². The van der Waals surface area contributed by atoms with Crippen LogP contribution in [0.5, 0.6) is 0 Å². The smallest absolute Gasteiger partial charge is 0.287 e. The molecule has 2 atom stereocenters. The number of likely N-dealkylation sites (tertiary alicyclic amines) is 1. The second kappa shape index (κ2) is 7.02. The first-order valence-corrected chi connectivity index (χ1v) is 9.49. The number of nitrogens with one attached hydrogen (secondary N) is 1. The van der Waals surface area contributed by atoms with Crippen LogP contribution in [-0.4, -0.2) is 40.1 Å². The minimum Gasteiger partial charge on any atom is -0.448 e. The van der Waals surface area contributed by atoms with E-state index in [2.05, 4.69) is 10.4 Å². The normalized spacial score (nSPS) is 19.3. The molecule has 4 rings (SSSR count). The van der Waals surface area contributed by atoms with Gasteiger partial charge in [-0.15, -0.1) is 0 Å². The molecular weight excluding hydrogens is 375 g/mol. The van der Waals surface area contributed by atoms with Gasteiger partial charge in [0, 0.05) is 49.6 Å². The van der Waals surface area contributed by atoms with Gasteiger partial charge in [0.05, 0.1) is 12.2 Å². The van der Waals surface area contributed by atoms with Crippen molar-refractivity contribution in [2.24, 2.45) is 13.0 Å². The fourth-order valence-corrected chi connectivity index (χ4v) is 4.05. The number of furan rings is 1. The van der Waals surface area contributed by atoms with Gasteiger partial charge in [0.15, 0.2) is 17.2 Å². The molecule has 0 radical (unpaired) electrons. The highest BCUT2D eigenvalue weighted by Gasteiger charge is 2.40.